The standard InChI is InChI=1S/C11H13N3O3/c12-11(17)8-2-1-3-9(13-8)14(6-10(15)16)7-4-5-7/h1-3,7H,4-6H2,(H2,12,17)(H,15,16). The van der Waals surface area contributed by atoms with Crippen LogP contribution in [0.2, 0.25) is 0 Å². The number of primary amides is 1. The number of aliphatic carboxylic acids is 1. The molecule has 90 valence electrons. The Balaban J connectivity index is 2.25. The minimum Gasteiger partial charge on any atom is -0.480 e. The number of carboxylic acids is 1. The summed E-state index contributed by atoms with van der Waals surface area (Å²) in [4.78, 5) is 27.5. The Bertz CT molecular complexity index is 457. The molecule has 1 amide bonds. The van der Waals surface area contributed by atoms with E-state index in [4.69, 9.17) is 10.8 Å². The Labute approximate surface area is 98.1 Å². The lowest BCUT2D eigenvalue weighted by molar-refractivity contribution is -0.135. The van der Waals surface area contributed by atoms with Crippen LogP contribution in [0.5, 0.6) is 0 Å². The van der Waals surface area contributed by atoms with Crippen LogP contribution in [0.4, 0.5) is 5.82 Å². The number of aromatic nitrogens is 1. The number of carbonyl (C=O) groups is 2. The van der Waals surface area contributed by atoms with Crippen molar-refractivity contribution < 1.29 is 14.7 Å². The summed E-state index contributed by atoms with van der Waals surface area (Å²) in [6.07, 6.45) is 1.91. The summed E-state index contributed by atoms with van der Waals surface area (Å²) >= 11 is 0. The second kappa shape index (κ2) is 4.40. The predicted octanol–water partition coefficient (Wildman–Crippen LogP) is 0.234. The molecule has 6 heteroatoms. The van der Waals surface area contributed by atoms with Crippen LogP contribution in [0.25, 0.3) is 0 Å². The summed E-state index contributed by atoms with van der Waals surface area (Å²) < 4.78 is 0. The van der Waals surface area contributed by atoms with Crippen LogP contribution < -0.4 is 10.6 Å². The van der Waals surface area contributed by atoms with E-state index in [1.807, 2.05) is 0 Å². The Morgan fingerprint density at radius 2 is 2.18 bits per heavy atom. The Morgan fingerprint density at radius 3 is 2.71 bits per heavy atom. The molecule has 0 saturated heterocycles. The Hall–Kier alpha value is -2.11. The first-order valence-electron chi connectivity index (χ1n) is 5.33. The maximum atomic E-state index is 11.0. The fourth-order valence-corrected chi connectivity index (χ4v) is 1.65. The highest BCUT2D eigenvalue weighted by molar-refractivity contribution is 5.91. The number of carboxylic acid groups (broad SMARTS) is 1. The van der Waals surface area contributed by atoms with Crippen LogP contribution in [0.1, 0.15) is 23.3 Å². The molecule has 0 unspecified atom stereocenters. The van der Waals surface area contributed by atoms with E-state index in [1.54, 1.807) is 17.0 Å². The molecule has 3 N–H and O–H groups in total. The van der Waals surface area contributed by atoms with Crippen LogP contribution >= 0.6 is 0 Å². The minimum atomic E-state index is -0.914. The fraction of sp³-hybridized carbons (Fsp3) is 0.364. The summed E-state index contributed by atoms with van der Waals surface area (Å²) in [5.74, 6) is -1.03. The largest absolute Gasteiger partial charge is 0.480 e. The highest BCUT2D eigenvalue weighted by Gasteiger charge is 2.31. The van der Waals surface area contributed by atoms with Crippen molar-refractivity contribution in [2.75, 3.05) is 11.4 Å². The summed E-state index contributed by atoms with van der Waals surface area (Å²) in [5, 5.41) is 8.84. The monoisotopic (exact) mass is 235 g/mol. The number of pyridine rings is 1. The van der Waals surface area contributed by atoms with Gasteiger partial charge in [0, 0.05) is 6.04 Å². The second-order valence-corrected chi connectivity index (χ2v) is 4.00. The molecular weight excluding hydrogens is 222 g/mol. The molecule has 1 saturated carbocycles. The molecule has 6 nitrogen and oxygen atoms in total. The highest BCUT2D eigenvalue weighted by Crippen LogP contribution is 2.30. The minimum absolute atomic E-state index is 0.111. The first kappa shape index (κ1) is 11.4. The van der Waals surface area contributed by atoms with E-state index in [0.717, 1.165) is 12.8 Å². The lowest BCUT2D eigenvalue weighted by Gasteiger charge is -2.21. The number of hydrogen-bond donors (Lipinski definition) is 2. The SMILES string of the molecule is NC(=O)c1cccc(N(CC(=O)O)C2CC2)n1. The van der Waals surface area contributed by atoms with Gasteiger partial charge in [-0.25, -0.2) is 4.98 Å². The molecule has 0 atom stereocenters. The third-order valence-corrected chi connectivity index (χ3v) is 2.57. The number of anilines is 1. The van der Waals surface area contributed by atoms with E-state index < -0.39 is 11.9 Å². The third kappa shape index (κ3) is 2.72. The highest BCUT2D eigenvalue weighted by atomic mass is 16.4. The van der Waals surface area contributed by atoms with Gasteiger partial charge < -0.3 is 15.7 Å². The molecule has 1 aliphatic rings. The first-order chi connectivity index (χ1) is 8.08. The van der Waals surface area contributed by atoms with Crippen LogP contribution in [-0.4, -0.2) is 34.6 Å². The topological polar surface area (TPSA) is 96.5 Å². The summed E-state index contributed by atoms with van der Waals surface area (Å²) in [5.41, 5.74) is 5.29. The van der Waals surface area contributed by atoms with Crippen LogP contribution in [0.3, 0.4) is 0 Å². The van der Waals surface area contributed by atoms with Crippen molar-refractivity contribution >= 4 is 17.7 Å². The number of amides is 1. The molecule has 17 heavy (non-hydrogen) atoms. The molecular formula is C11H13N3O3. The molecule has 1 fully saturated rings. The number of hydrogen-bond acceptors (Lipinski definition) is 4. The van der Waals surface area contributed by atoms with Crippen molar-refractivity contribution in [1.82, 2.24) is 4.98 Å². The predicted molar refractivity (Wildman–Crippen MR) is 60.8 cm³/mol. The van der Waals surface area contributed by atoms with E-state index in [9.17, 15) is 9.59 Å². The van der Waals surface area contributed by atoms with E-state index >= 15 is 0 Å². The number of nitrogens with zero attached hydrogens (tertiary/aromatic N) is 2. The van der Waals surface area contributed by atoms with E-state index in [1.165, 1.54) is 6.07 Å². The lowest BCUT2D eigenvalue weighted by Crippen LogP contribution is -2.32. The first-order valence-corrected chi connectivity index (χ1v) is 5.33. The molecule has 0 aromatic carbocycles. The number of nitrogens with two attached hydrogens (primary N) is 1. The quantitative estimate of drug-likeness (QED) is 0.761. The fourth-order valence-electron chi connectivity index (χ4n) is 1.65. The Morgan fingerprint density at radius 1 is 1.47 bits per heavy atom. The van der Waals surface area contributed by atoms with Crippen LogP contribution in [0.15, 0.2) is 18.2 Å². The van der Waals surface area contributed by atoms with Crippen molar-refractivity contribution in [3.05, 3.63) is 23.9 Å². The van der Waals surface area contributed by atoms with Crippen molar-refractivity contribution in [1.29, 1.82) is 0 Å². The zero-order valence-electron chi connectivity index (χ0n) is 9.17. The van der Waals surface area contributed by atoms with E-state index in [2.05, 4.69) is 4.98 Å². The molecule has 1 aromatic heterocycles. The lowest BCUT2D eigenvalue weighted by atomic mass is 10.3. The van der Waals surface area contributed by atoms with Gasteiger partial charge in [-0.1, -0.05) is 6.07 Å². The van der Waals surface area contributed by atoms with Gasteiger partial charge in [0.15, 0.2) is 0 Å². The van der Waals surface area contributed by atoms with Gasteiger partial charge in [-0.2, -0.15) is 0 Å². The Kier molecular flexibility index (Phi) is 2.95. The zero-order valence-corrected chi connectivity index (χ0v) is 9.17. The van der Waals surface area contributed by atoms with Crippen LogP contribution in [-0.2, 0) is 4.79 Å². The summed E-state index contributed by atoms with van der Waals surface area (Å²) in [6, 6.07) is 5.06. The van der Waals surface area contributed by atoms with Gasteiger partial charge in [-0.05, 0) is 25.0 Å². The van der Waals surface area contributed by atoms with Gasteiger partial charge in [-0.3, -0.25) is 9.59 Å². The normalized spacial score (nSPS) is 14.4. The average Bonchev–Trinajstić information content (AvgIpc) is 3.09. The maximum Gasteiger partial charge on any atom is 0.323 e. The van der Waals surface area contributed by atoms with Gasteiger partial charge >= 0.3 is 5.97 Å². The van der Waals surface area contributed by atoms with Gasteiger partial charge in [-0.15, -0.1) is 0 Å². The van der Waals surface area contributed by atoms with Crippen molar-refractivity contribution in [3.8, 4) is 0 Å². The molecule has 0 aliphatic heterocycles. The molecule has 2 rings (SSSR count). The molecule has 0 radical (unpaired) electrons. The van der Waals surface area contributed by atoms with Gasteiger partial charge in [0.1, 0.15) is 18.1 Å². The zero-order chi connectivity index (χ0) is 12.4. The van der Waals surface area contributed by atoms with Gasteiger partial charge in [0.25, 0.3) is 5.91 Å². The van der Waals surface area contributed by atoms with Crippen molar-refractivity contribution in [2.45, 2.75) is 18.9 Å². The molecule has 1 heterocycles. The molecule has 1 aliphatic carbocycles. The average molecular weight is 235 g/mol. The van der Waals surface area contributed by atoms with E-state index in [0.29, 0.717) is 5.82 Å². The molecule has 1 aromatic rings. The number of rotatable bonds is 5. The van der Waals surface area contributed by atoms with Gasteiger partial charge in [0.2, 0.25) is 0 Å². The summed E-state index contributed by atoms with van der Waals surface area (Å²) in [6.45, 7) is -0.111. The third-order valence-electron chi connectivity index (χ3n) is 2.57. The smallest absolute Gasteiger partial charge is 0.323 e. The second-order valence-electron chi connectivity index (χ2n) is 4.00. The molecule has 0 bridgehead atoms. The summed E-state index contributed by atoms with van der Waals surface area (Å²) in [7, 11) is 0. The number of carbonyl (C=O) groups excluding carboxylic acids is 1. The van der Waals surface area contributed by atoms with Gasteiger partial charge in [0.05, 0.1) is 0 Å². The molecule has 0 spiro atoms. The van der Waals surface area contributed by atoms with E-state index in [-0.39, 0.29) is 18.3 Å². The van der Waals surface area contributed by atoms with Crippen molar-refractivity contribution in [3.63, 3.8) is 0 Å². The van der Waals surface area contributed by atoms with Crippen molar-refractivity contribution in [2.24, 2.45) is 5.73 Å². The maximum absolute atomic E-state index is 11.0. The van der Waals surface area contributed by atoms with Crippen LogP contribution in [0, 0.1) is 0 Å².